The van der Waals surface area contributed by atoms with Crippen molar-refractivity contribution in [3.05, 3.63) is 84.2 Å². The number of carbonyl (C=O) groups excluding carboxylic acids is 2. The Hall–Kier alpha value is -3.34. The third-order valence-corrected chi connectivity index (χ3v) is 5.69. The number of amides is 2. The molecule has 3 aromatic rings. The molecule has 0 fully saturated rings. The molecular weight excluding hydrogens is 410 g/mol. The maximum Gasteiger partial charge on any atom is 0.254 e. The van der Waals surface area contributed by atoms with Crippen molar-refractivity contribution in [3.8, 4) is 11.1 Å². The van der Waals surface area contributed by atoms with Crippen molar-refractivity contribution in [3.63, 3.8) is 0 Å². The molecule has 0 saturated carbocycles. The number of nitrogens with zero attached hydrogens (tertiary/aromatic N) is 3. The zero-order chi connectivity index (χ0) is 23.8. The minimum Gasteiger partial charge on any atom is -0.353 e. The first kappa shape index (κ1) is 24.3. The molecule has 5 heteroatoms. The van der Waals surface area contributed by atoms with Crippen molar-refractivity contribution in [1.82, 2.24) is 14.4 Å². The summed E-state index contributed by atoms with van der Waals surface area (Å²) in [4.78, 5) is 30.1. The van der Waals surface area contributed by atoms with E-state index in [1.807, 2.05) is 84.2 Å². The molecule has 2 amide bonds. The number of hydrogen-bond acceptors (Lipinski definition) is 2. The molecule has 0 aliphatic carbocycles. The Balaban J connectivity index is 1.74. The summed E-state index contributed by atoms with van der Waals surface area (Å²) in [5.74, 6) is 0.218. The van der Waals surface area contributed by atoms with Gasteiger partial charge in [0, 0.05) is 37.6 Å². The lowest BCUT2D eigenvalue weighted by molar-refractivity contribution is -0.133. The van der Waals surface area contributed by atoms with Gasteiger partial charge < -0.3 is 14.4 Å². The zero-order valence-electron chi connectivity index (χ0n) is 20.2. The summed E-state index contributed by atoms with van der Waals surface area (Å²) in [6, 6.07) is 21.8. The summed E-state index contributed by atoms with van der Waals surface area (Å²) in [6.07, 6.45) is 2.78. The molecule has 0 radical (unpaired) electrons. The fraction of sp³-hybridized carbons (Fsp3) is 0.357. The Kier molecular flexibility index (Phi) is 8.47. The summed E-state index contributed by atoms with van der Waals surface area (Å²) in [5.41, 5.74) is 3.86. The van der Waals surface area contributed by atoms with Crippen LogP contribution in [0.3, 0.4) is 0 Å². The van der Waals surface area contributed by atoms with Gasteiger partial charge in [0.25, 0.3) is 5.91 Å². The maximum atomic E-state index is 13.3. The van der Waals surface area contributed by atoms with Crippen molar-refractivity contribution in [2.45, 2.75) is 33.7 Å². The fourth-order valence-electron chi connectivity index (χ4n) is 3.96. The average Bonchev–Trinajstić information content (AvgIpc) is 3.22. The fourth-order valence-corrected chi connectivity index (χ4v) is 3.96. The Morgan fingerprint density at radius 2 is 1.55 bits per heavy atom. The number of rotatable bonds is 10. The van der Waals surface area contributed by atoms with Crippen LogP contribution in [0.2, 0.25) is 0 Å². The van der Waals surface area contributed by atoms with Gasteiger partial charge in [0.05, 0.1) is 6.54 Å². The molecule has 3 rings (SSSR count). The molecule has 0 atom stereocenters. The molecule has 1 heterocycles. The average molecular weight is 446 g/mol. The summed E-state index contributed by atoms with van der Waals surface area (Å²) < 4.78 is 2.03. The van der Waals surface area contributed by atoms with Crippen molar-refractivity contribution in [2.24, 2.45) is 13.0 Å². The highest BCUT2D eigenvalue weighted by atomic mass is 16.2. The summed E-state index contributed by atoms with van der Waals surface area (Å²) in [6.45, 7) is 8.07. The van der Waals surface area contributed by atoms with E-state index < -0.39 is 0 Å². The number of aryl methyl sites for hydroxylation is 1. The van der Waals surface area contributed by atoms with E-state index in [0.717, 1.165) is 23.2 Å². The molecule has 33 heavy (non-hydrogen) atoms. The second-order valence-electron chi connectivity index (χ2n) is 8.95. The molecule has 0 N–H and O–H groups in total. The minimum atomic E-state index is -0.104. The first-order chi connectivity index (χ1) is 15.9. The molecule has 0 saturated heterocycles. The molecule has 0 unspecified atom stereocenters. The van der Waals surface area contributed by atoms with E-state index in [1.165, 1.54) is 0 Å². The van der Waals surface area contributed by atoms with Gasteiger partial charge in [-0.25, -0.2) is 0 Å². The van der Waals surface area contributed by atoms with Crippen LogP contribution < -0.4 is 0 Å². The number of aromatic nitrogens is 1. The second-order valence-corrected chi connectivity index (χ2v) is 8.95. The van der Waals surface area contributed by atoms with E-state index in [4.69, 9.17) is 0 Å². The Morgan fingerprint density at radius 3 is 2.12 bits per heavy atom. The molecule has 1 aromatic heterocycles. The van der Waals surface area contributed by atoms with E-state index in [1.54, 1.807) is 4.90 Å². The second kappa shape index (κ2) is 11.5. The lowest BCUT2D eigenvalue weighted by Crippen LogP contribution is -2.44. The van der Waals surface area contributed by atoms with Crippen LogP contribution in [-0.2, 0) is 18.4 Å². The zero-order valence-corrected chi connectivity index (χ0v) is 20.2. The highest BCUT2D eigenvalue weighted by molar-refractivity contribution is 5.97. The number of hydrogen-bond donors (Lipinski definition) is 0. The third-order valence-electron chi connectivity index (χ3n) is 5.69. The first-order valence-corrected chi connectivity index (χ1v) is 11.7. The SMILES string of the molecule is CCCN(CC(=O)N(Cc1cccn1C)CC(C)C)C(=O)c1ccc(-c2ccccc2)cc1. The van der Waals surface area contributed by atoms with Gasteiger partial charge in [-0.15, -0.1) is 0 Å². The van der Waals surface area contributed by atoms with Gasteiger partial charge >= 0.3 is 0 Å². The van der Waals surface area contributed by atoms with Gasteiger partial charge in [-0.3, -0.25) is 9.59 Å². The molecular formula is C28H35N3O2. The summed E-state index contributed by atoms with van der Waals surface area (Å²) >= 11 is 0. The van der Waals surface area contributed by atoms with Gasteiger partial charge in [0.15, 0.2) is 0 Å². The monoisotopic (exact) mass is 445 g/mol. The standard InChI is InChI=1S/C28H35N3O2/c1-5-17-30(21-27(32)31(19-22(2)3)20-26-12-9-18-29(26)4)28(33)25-15-13-24(14-16-25)23-10-7-6-8-11-23/h6-16,18,22H,5,17,19-21H2,1-4H3. The van der Waals surface area contributed by atoms with E-state index in [0.29, 0.717) is 31.1 Å². The highest BCUT2D eigenvalue weighted by Gasteiger charge is 2.23. The van der Waals surface area contributed by atoms with E-state index in [2.05, 4.69) is 26.0 Å². The van der Waals surface area contributed by atoms with E-state index in [9.17, 15) is 9.59 Å². The van der Waals surface area contributed by atoms with Crippen LogP contribution in [0.25, 0.3) is 11.1 Å². The number of benzene rings is 2. The molecule has 0 aliphatic heterocycles. The predicted octanol–water partition coefficient (Wildman–Crippen LogP) is 5.23. The smallest absolute Gasteiger partial charge is 0.254 e. The predicted molar refractivity (Wildman–Crippen MR) is 134 cm³/mol. The van der Waals surface area contributed by atoms with Crippen LogP contribution in [-0.4, -0.2) is 45.8 Å². The van der Waals surface area contributed by atoms with E-state index in [-0.39, 0.29) is 18.4 Å². The molecule has 2 aromatic carbocycles. The molecule has 0 spiro atoms. The van der Waals surface area contributed by atoms with Gasteiger partial charge in [0.1, 0.15) is 6.54 Å². The van der Waals surface area contributed by atoms with Crippen molar-refractivity contribution >= 4 is 11.8 Å². The van der Waals surface area contributed by atoms with Crippen LogP contribution in [0.5, 0.6) is 0 Å². The lowest BCUT2D eigenvalue weighted by Gasteiger charge is -2.29. The molecule has 5 nitrogen and oxygen atoms in total. The van der Waals surface area contributed by atoms with Gasteiger partial charge in [-0.1, -0.05) is 63.2 Å². The maximum absolute atomic E-state index is 13.3. The van der Waals surface area contributed by atoms with Crippen LogP contribution in [0.1, 0.15) is 43.2 Å². The van der Waals surface area contributed by atoms with Crippen LogP contribution in [0.15, 0.2) is 72.9 Å². The summed E-state index contributed by atoms with van der Waals surface area (Å²) in [5, 5.41) is 0. The van der Waals surface area contributed by atoms with Crippen LogP contribution in [0, 0.1) is 5.92 Å². The number of carbonyl (C=O) groups is 2. The summed E-state index contributed by atoms with van der Waals surface area (Å²) in [7, 11) is 1.99. The largest absolute Gasteiger partial charge is 0.353 e. The molecule has 0 bridgehead atoms. The van der Waals surface area contributed by atoms with Crippen molar-refractivity contribution in [1.29, 1.82) is 0 Å². The first-order valence-electron chi connectivity index (χ1n) is 11.7. The Labute approximate surface area is 197 Å². The van der Waals surface area contributed by atoms with Crippen molar-refractivity contribution < 1.29 is 9.59 Å². The van der Waals surface area contributed by atoms with Gasteiger partial charge in [-0.05, 0) is 47.7 Å². The third kappa shape index (κ3) is 6.58. The molecule has 174 valence electrons. The normalized spacial score (nSPS) is 10.9. The topological polar surface area (TPSA) is 45.6 Å². The molecule has 0 aliphatic rings. The van der Waals surface area contributed by atoms with Gasteiger partial charge in [-0.2, -0.15) is 0 Å². The quantitative estimate of drug-likeness (QED) is 0.429. The lowest BCUT2D eigenvalue weighted by atomic mass is 10.0. The van der Waals surface area contributed by atoms with Gasteiger partial charge in [0.2, 0.25) is 5.91 Å². The van der Waals surface area contributed by atoms with Crippen molar-refractivity contribution in [2.75, 3.05) is 19.6 Å². The van der Waals surface area contributed by atoms with Crippen LogP contribution >= 0.6 is 0 Å². The highest BCUT2D eigenvalue weighted by Crippen LogP contribution is 2.20. The Bertz CT molecular complexity index is 1040. The Morgan fingerprint density at radius 1 is 0.879 bits per heavy atom. The van der Waals surface area contributed by atoms with E-state index >= 15 is 0 Å². The minimum absolute atomic E-state index is 0.0207. The van der Waals surface area contributed by atoms with Crippen LogP contribution in [0.4, 0.5) is 0 Å².